The number of nitrogens with zero attached hydrogens (tertiary/aromatic N) is 1. The van der Waals surface area contributed by atoms with Gasteiger partial charge in [-0.1, -0.05) is 6.07 Å². The lowest BCUT2D eigenvalue weighted by molar-refractivity contribution is 0.0958. The largest absolute Gasteiger partial charge is 0.354 e. The van der Waals surface area contributed by atoms with E-state index in [-0.39, 0.29) is 18.3 Å². The highest BCUT2D eigenvalue weighted by molar-refractivity contribution is 5.91. The van der Waals surface area contributed by atoms with E-state index in [0.29, 0.717) is 12.2 Å². The number of nitrogens with two attached hydrogens (primary N) is 1. The van der Waals surface area contributed by atoms with Crippen molar-refractivity contribution in [2.24, 2.45) is 5.73 Å². The molecule has 0 radical (unpaired) electrons. The Morgan fingerprint density at radius 3 is 2.69 bits per heavy atom. The first-order valence-corrected chi connectivity index (χ1v) is 3.65. The van der Waals surface area contributed by atoms with Crippen LogP contribution in [0.3, 0.4) is 0 Å². The zero-order chi connectivity index (χ0) is 8.97. The van der Waals surface area contributed by atoms with E-state index in [1.165, 1.54) is 0 Å². The van der Waals surface area contributed by atoms with E-state index in [1.807, 2.05) is 0 Å². The second-order valence-electron chi connectivity index (χ2n) is 2.33. The first kappa shape index (κ1) is 11.9. The monoisotopic (exact) mass is 201 g/mol. The van der Waals surface area contributed by atoms with Crippen molar-refractivity contribution in [1.29, 1.82) is 0 Å². The van der Waals surface area contributed by atoms with Crippen LogP contribution in [0.4, 0.5) is 0 Å². The first-order chi connectivity index (χ1) is 5.77. The smallest absolute Gasteiger partial charge is 0.269 e. The van der Waals surface area contributed by atoms with Crippen LogP contribution in [0.15, 0.2) is 18.3 Å². The molecule has 1 amide bonds. The Kier molecular flexibility index (Phi) is 5.03. The zero-order valence-corrected chi connectivity index (χ0v) is 8.10. The fourth-order valence-electron chi connectivity index (χ4n) is 0.808. The van der Waals surface area contributed by atoms with E-state index < -0.39 is 0 Å². The second-order valence-corrected chi connectivity index (χ2v) is 2.33. The van der Waals surface area contributed by atoms with E-state index >= 15 is 0 Å². The molecule has 1 rings (SSSR count). The van der Waals surface area contributed by atoms with Gasteiger partial charge in [0.05, 0.1) is 0 Å². The molecule has 0 aromatic carbocycles. The van der Waals surface area contributed by atoms with Crippen molar-refractivity contribution < 1.29 is 4.79 Å². The van der Waals surface area contributed by atoms with Gasteiger partial charge in [0.25, 0.3) is 5.91 Å². The number of aromatic nitrogens is 1. The molecule has 0 saturated carbocycles. The summed E-state index contributed by atoms with van der Waals surface area (Å²) in [7, 11) is 1.57. The molecule has 1 aromatic heterocycles. The lowest BCUT2D eigenvalue weighted by atomic mass is 10.2. The van der Waals surface area contributed by atoms with Crippen LogP contribution in [0.2, 0.25) is 0 Å². The molecule has 0 atom stereocenters. The number of pyridine rings is 1. The molecule has 4 nitrogen and oxygen atoms in total. The molecule has 13 heavy (non-hydrogen) atoms. The van der Waals surface area contributed by atoms with Gasteiger partial charge in [-0.05, 0) is 11.6 Å². The van der Waals surface area contributed by atoms with Crippen LogP contribution >= 0.6 is 12.4 Å². The molecule has 0 fully saturated rings. The molecule has 0 aliphatic carbocycles. The summed E-state index contributed by atoms with van der Waals surface area (Å²) in [4.78, 5) is 14.9. The Labute approximate surface area is 83.0 Å². The third kappa shape index (κ3) is 3.01. The van der Waals surface area contributed by atoms with Crippen LogP contribution in [0, 0.1) is 0 Å². The van der Waals surface area contributed by atoms with Gasteiger partial charge in [0.15, 0.2) is 0 Å². The van der Waals surface area contributed by atoms with Gasteiger partial charge in [-0.25, -0.2) is 0 Å². The summed E-state index contributed by atoms with van der Waals surface area (Å²) in [6.45, 7) is 0.445. The summed E-state index contributed by atoms with van der Waals surface area (Å²) in [5, 5.41) is 2.49. The molecule has 0 bridgehead atoms. The van der Waals surface area contributed by atoms with Gasteiger partial charge in [0, 0.05) is 19.8 Å². The minimum atomic E-state index is -0.182. The third-order valence-electron chi connectivity index (χ3n) is 1.52. The Hall–Kier alpha value is -1.13. The summed E-state index contributed by atoms with van der Waals surface area (Å²) < 4.78 is 0. The fraction of sp³-hybridized carbons (Fsp3) is 0.250. The highest BCUT2D eigenvalue weighted by Gasteiger charge is 2.02. The van der Waals surface area contributed by atoms with Crippen LogP contribution in [0.25, 0.3) is 0 Å². The van der Waals surface area contributed by atoms with Gasteiger partial charge in [-0.15, -0.1) is 12.4 Å². The maximum Gasteiger partial charge on any atom is 0.269 e. The maximum atomic E-state index is 11.0. The Bertz CT molecular complexity index is 273. The minimum absolute atomic E-state index is 0. The topological polar surface area (TPSA) is 68.0 Å². The average molecular weight is 202 g/mol. The summed E-state index contributed by atoms with van der Waals surface area (Å²) in [6, 6.07) is 3.44. The normalized spacial score (nSPS) is 8.77. The van der Waals surface area contributed by atoms with Crippen molar-refractivity contribution in [3.8, 4) is 0 Å². The summed E-state index contributed by atoms with van der Waals surface area (Å²) in [6.07, 6.45) is 1.60. The second kappa shape index (κ2) is 5.50. The number of hydrogen-bond donors (Lipinski definition) is 2. The predicted octanol–water partition coefficient (Wildman–Crippen LogP) is 0.322. The number of carbonyl (C=O) groups is 1. The standard InChI is InChI=1S/C8H11N3O.ClH/c1-10-8(12)7-3-2-6(4-9)5-11-7;/h2-3,5H,4,9H2,1H3,(H,10,12);1H. The SMILES string of the molecule is CNC(=O)c1ccc(CN)cn1.Cl. The molecule has 0 saturated heterocycles. The quantitative estimate of drug-likeness (QED) is 0.724. The number of halogens is 1. The van der Waals surface area contributed by atoms with E-state index in [4.69, 9.17) is 5.73 Å². The Balaban J connectivity index is 0.00000144. The van der Waals surface area contributed by atoms with Crippen LogP contribution in [0.5, 0.6) is 0 Å². The van der Waals surface area contributed by atoms with Crippen LogP contribution in [0.1, 0.15) is 16.1 Å². The molecule has 0 spiro atoms. The zero-order valence-electron chi connectivity index (χ0n) is 7.28. The molecule has 0 aliphatic rings. The number of hydrogen-bond acceptors (Lipinski definition) is 3. The van der Waals surface area contributed by atoms with Crippen molar-refractivity contribution in [2.45, 2.75) is 6.54 Å². The highest BCUT2D eigenvalue weighted by Crippen LogP contribution is 1.98. The summed E-state index contributed by atoms with van der Waals surface area (Å²) in [5.74, 6) is -0.182. The molecular weight excluding hydrogens is 190 g/mol. The van der Waals surface area contributed by atoms with E-state index in [2.05, 4.69) is 10.3 Å². The number of amides is 1. The van der Waals surface area contributed by atoms with Crippen molar-refractivity contribution in [3.63, 3.8) is 0 Å². The van der Waals surface area contributed by atoms with Gasteiger partial charge in [-0.2, -0.15) is 0 Å². The van der Waals surface area contributed by atoms with E-state index in [1.54, 1.807) is 25.4 Å². The lowest BCUT2D eigenvalue weighted by Gasteiger charge is -1.99. The van der Waals surface area contributed by atoms with Gasteiger partial charge < -0.3 is 11.1 Å². The lowest BCUT2D eigenvalue weighted by Crippen LogP contribution is -2.19. The van der Waals surface area contributed by atoms with Crippen molar-refractivity contribution in [2.75, 3.05) is 7.05 Å². The van der Waals surface area contributed by atoms with Gasteiger partial charge in [0.1, 0.15) is 5.69 Å². The molecule has 0 unspecified atom stereocenters. The average Bonchev–Trinajstić information content (AvgIpc) is 2.17. The van der Waals surface area contributed by atoms with Gasteiger partial charge in [-0.3, -0.25) is 9.78 Å². The van der Waals surface area contributed by atoms with Crippen molar-refractivity contribution >= 4 is 18.3 Å². The predicted molar refractivity (Wildman–Crippen MR) is 52.8 cm³/mol. The third-order valence-corrected chi connectivity index (χ3v) is 1.52. The number of carbonyl (C=O) groups excluding carboxylic acids is 1. The van der Waals surface area contributed by atoms with Gasteiger partial charge in [0.2, 0.25) is 0 Å². The molecule has 5 heteroatoms. The van der Waals surface area contributed by atoms with E-state index in [0.717, 1.165) is 5.56 Å². The van der Waals surface area contributed by atoms with Crippen LogP contribution in [-0.4, -0.2) is 17.9 Å². The summed E-state index contributed by atoms with van der Waals surface area (Å²) >= 11 is 0. The Morgan fingerprint density at radius 2 is 2.31 bits per heavy atom. The molecule has 3 N–H and O–H groups in total. The molecule has 1 aromatic rings. The number of nitrogens with one attached hydrogen (secondary N) is 1. The first-order valence-electron chi connectivity index (χ1n) is 3.65. The molecule has 1 heterocycles. The fourth-order valence-corrected chi connectivity index (χ4v) is 0.808. The molecule has 0 aliphatic heterocycles. The minimum Gasteiger partial charge on any atom is -0.354 e. The van der Waals surface area contributed by atoms with Gasteiger partial charge >= 0.3 is 0 Å². The van der Waals surface area contributed by atoms with Crippen LogP contribution in [-0.2, 0) is 6.54 Å². The maximum absolute atomic E-state index is 11.0. The van der Waals surface area contributed by atoms with E-state index in [9.17, 15) is 4.79 Å². The summed E-state index contributed by atoms with van der Waals surface area (Å²) in [5.41, 5.74) is 6.70. The Morgan fingerprint density at radius 1 is 1.62 bits per heavy atom. The number of rotatable bonds is 2. The highest BCUT2D eigenvalue weighted by atomic mass is 35.5. The van der Waals surface area contributed by atoms with Crippen LogP contribution < -0.4 is 11.1 Å². The molecule has 72 valence electrons. The molecular formula is C8H12ClN3O. The van der Waals surface area contributed by atoms with Crippen molar-refractivity contribution in [3.05, 3.63) is 29.6 Å². The van der Waals surface area contributed by atoms with Crippen molar-refractivity contribution in [1.82, 2.24) is 10.3 Å².